The van der Waals surface area contributed by atoms with Crippen molar-refractivity contribution >= 4 is 22.1 Å². The molecule has 1 aliphatic rings. The van der Waals surface area contributed by atoms with E-state index in [9.17, 15) is 18.3 Å². The van der Waals surface area contributed by atoms with Crippen molar-refractivity contribution in [2.24, 2.45) is 5.92 Å². The largest absolute Gasteiger partial charge is 0.466 e. The van der Waals surface area contributed by atoms with Gasteiger partial charge in [0.15, 0.2) is 0 Å². The molecule has 41 heavy (non-hydrogen) atoms. The number of fused-ring (bicyclic) bond motifs is 1. The number of ether oxygens (including phenoxy) is 1. The molecule has 2 aromatic carbocycles. The molecule has 0 saturated heterocycles. The maximum absolute atomic E-state index is 13.4. The van der Waals surface area contributed by atoms with Gasteiger partial charge in [0.05, 0.1) is 13.2 Å². The molecule has 3 aromatic rings. The van der Waals surface area contributed by atoms with E-state index in [2.05, 4.69) is 53.2 Å². The van der Waals surface area contributed by atoms with Gasteiger partial charge in [-0.3, -0.25) is 4.98 Å². The lowest BCUT2D eigenvalue weighted by atomic mass is 9.88. The van der Waals surface area contributed by atoms with E-state index in [1.165, 1.54) is 37.6 Å². The Kier molecular flexibility index (Phi) is 9.76. The molecule has 0 radical (unpaired) electrons. The smallest absolute Gasteiger partial charge is 0.330 e. The minimum atomic E-state index is -3.92. The van der Waals surface area contributed by atoms with Gasteiger partial charge in [-0.05, 0) is 73.4 Å². The average molecular weight is 578 g/mol. The average Bonchev–Trinajstić information content (AvgIpc) is 3.36. The Morgan fingerprint density at radius 3 is 2.49 bits per heavy atom. The highest BCUT2D eigenvalue weighted by Gasteiger charge is 2.29. The van der Waals surface area contributed by atoms with Crippen LogP contribution in [-0.4, -0.2) is 67.7 Å². The second-order valence-electron chi connectivity index (χ2n) is 11.3. The highest BCUT2D eigenvalue weighted by molar-refractivity contribution is 7.89. The number of benzene rings is 2. The predicted molar refractivity (Wildman–Crippen MR) is 161 cm³/mol. The van der Waals surface area contributed by atoms with E-state index in [0.717, 1.165) is 29.1 Å². The minimum absolute atomic E-state index is 0.0190. The third-order valence-electron chi connectivity index (χ3n) is 7.51. The molecule has 2 N–H and O–H groups in total. The summed E-state index contributed by atoms with van der Waals surface area (Å²) in [6, 6.07) is 17.4. The van der Waals surface area contributed by atoms with Crippen LogP contribution in [-0.2, 0) is 32.4 Å². The first kappa shape index (κ1) is 30.6. The third-order valence-corrected chi connectivity index (χ3v) is 9.30. The van der Waals surface area contributed by atoms with Crippen molar-refractivity contribution in [3.63, 3.8) is 0 Å². The molecular formula is C32H39N3O5S. The maximum atomic E-state index is 13.4. The Morgan fingerprint density at radius 2 is 1.80 bits per heavy atom. The van der Waals surface area contributed by atoms with Crippen LogP contribution < -0.4 is 5.32 Å². The second-order valence-corrected chi connectivity index (χ2v) is 13.3. The van der Waals surface area contributed by atoms with E-state index in [4.69, 9.17) is 0 Å². The highest BCUT2D eigenvalue weighted by atomic mass is 32.2. The molecule has 0 fully saturated rings. The van der Waals surface area contributed by atoms with Crippen molar-refractivity contribution < 1.29 is 23.1 Å². The molecule has 0 unspecified atom stereocenters. The molecule has 0 amide bonds. The van der Waals surface area contributed by atoms with Gasteiger partial charge in [0.25, 0.3) is 0 Å². The molecule has 0 saturated carbocycles. The second kappa shape index (κ2) is 13.1. The number of nitrogens with zero attached hydrogens (tertiary/aromatic N) is 2. The molecule has 1 heterocycles. The lowest BCUT2D eigenvalue weighted by molar-refractivity contribution is -0.134. The number of carbonyl (C=O) groups is 1. The summed E-state index contributed by atoms with van der Waals surface area (Å²) in [6.07, 6.45) is 7.98. The van der Waals surface area contributed by atoms with Gasteiger partial charge in [-0.2, -0.15) is 4.31 Å². The van der Waals surface area contributed by atoms with Crippen molar-refractivity contribution in [1.82, 2.24) is 14.6 Å². The molecule has 0 spiro atoms. The number of aliphatic hydroxyl groups excluding tert-OH is 1. The molecule has 1 aliphatic carbocycles. The van der Waals surface area contributed by atoms with Crippen LogP contribution in [0.3, 0.4) is 0 Å². The maximum Gasteiger partial charge on any atom is 0.330 e. The molecule has 4 rings (SSSR count). The number of esters is 1. The van der Waals surface area contributed by atoms with E-state index < -0.39 is 22.1 Å². The molecule has 1 atom stereocenters. The van der Waals surface area contributed by atoms with Crippen LogP contribution >= 0.6 is 0 Å². The monoisotopic (exact) mass is 577 g/mol. The molecule has 1 aromatic heterocycles. The van der Waals surface area contributed by atoms with Crippen LogP contribution in [0.25, 0.3) is 17.2 Å². The van der Waals surface area contributed by atoms with Gasteiger partial charge in [0, 0.05) is 49.7 Å². The number of rotatable bonds is 12. The van der Waals surface area contributed by atoms with Crippen molar-refractivity contribution in [2.75, 3.05) is 27.2 Å². The number of pyridine rings is 1. The lowest BCUT2D eigenvalue weighted by Crippen LogP contribution is -2.47. The van der Waals surface area contributed by atoms with Gasteiger partial charge in [0.1, 0.15) is 4.90 Å². The normalized spacial score (nSPS) is 14.9. The number of methoxy groups -OCH3 is 1. The van der Waals surface area contributed by atoms with Crippen LogP contribution in [0.2, 0.25) is 0 Å². The summed E-state index contributed by atoms with van der Waals surface area (Å²) in [5, 5.41) is 14.2. The predicted octanol–water partition coefficient (Wildman–Crippen LogP) is 4.09. The van der Waals surface area contributed by atoms with Gasteiger partial charge in [0.2, 0.25) is 10.0 Å². The third kappa shape index (κ3) is 7.89. The van der Waals surface area contributed by atoms with Crippen molar-refractivity contribution in [2.45, 2.75) is 49.6 Å². The number of aliphatic hydroxyl groups is 1. The summed E-state index contributed by atoms with van der Waals surface area (Å²) in [4.78, 5) is 15.8. The fraction of sp³-hybridized carbons (Fsp3) is 0.375. The molecule has 8 nitrogen and oxygen atoms in total. The number of aromatic nitrogens is 1. The summed E-state index contributed by atoms with van der Waals surface area (Å²) in [7, 11) is -1.16. The zero-order valence-electron chi connectivity index (χ0n) is 24.1. The number of likely N-dealkylation sites (N-methyl/N-ethyl adjacent to an activating group) is 1. The van der Waals surface area contributed by atoms with E-state index in [1.54, 1.807) is 18.3 Å². The van der Waals surface area contributed by atoms with Gasteiger partial charge in [-0.25, -0.2) is 13.2 Å². The highest BCUT2D eigenvalue weighted by Crippen LogP contribution is 2.32. The first-order valence-electron chi connectivity index (χ1n) is 13.8. The van der Waals surface area contributed by atoms with Crippen molar-refractivity contribution in [3.05, 3.63) is 89.8 Å². The first-order chi connectivity index (χ1) is 19.5. The Hall–Kier alpha value is -3.37. The van der Waals surface area contributed by atoms with Crippen LogP contribution in [0.4, 0.5) is 0 Å². The number of sulfonamides is 1. The van der Waals surface area contributed by atoms with E-state index in [1.807, 2.05) is 24.3 Å². The van der Waals surface area contributed by atoms with Crippen LogP contribution in [0.5, 0.6) is 0 Å². The molecule has 0 aliphatic heterocycles. The summed E-state index contributed by atoms with van der Waals surface area (Å²) >= 11 is 0. The number of hydrogen-bond donors (Lipinski definition) is 2. The van der Waals surface area contributed by atoms with E-state index >= 15 is 0 Å². The van der Waals surface area contributed by atoms with Crippen molar-refractivity contribution in [3.8, 4) is 11.1 Å². The van der Waals surface area contributed by atoms with Crippen molar-refractivity contribution in [1.29, 1.82) is 0 Å². The lowest BCUT2D eigenvalue weighted by Gasteiger charge is -2.31. The Bertz CT molecular complexity index is 1480. The standard InChI is InChI=1S/C32H39N3O5S/c1-32(2,18-23-15-25-10-5-6-11-26(25)16-23)34-20-28(36)22-35(3)41(38,39)29-17-27(19-33-21-29)30-12-8-7-9-24(30)13-14-31(37)40-4/h5-14,17,19,21,23,28,34,36H,15-16,18,20,22H2,1-4H3/t28-/m1/s1. The van der Waals surface area contributed by atoms with Gasteiger partial charge in [-0.15, -0.1) is 0 Å². The molecule has 0 bridgehead atoms. The Morgan fingerprint density at radius 1 is 1.15 bits per heavy atom. The van der Waals surface area contributed by atoms with Crippen LogP contribution in [0.1, 0.15) is 37.0 Å². The summed E-state index contributed by atoms with van der Waals surface area (Å²) in [5.74, 6) is 0.0485. The number of nitrogens with one attached hydrogen (secondary N) is 1. The minimum Gasteiger partial charge on any atom is -0.466 e. The first-order valence-corrected chi connectivity index (χ1v) is 15.2. The molecular weight excluding hydrogens is 538 g/mol. The number of β-amino-alcohol motifs (C(OH)–C–C–N with tert-alkyl or cyclic N) is 1. The molecule has 218 valence electrons. The quantitative estimate of drug-likeness (QED) is 0.247. The van der Waals surface area contributed by atoms with Gasteiger partial charge in [-0.1, -0.05) is 48.5 Å². The topological polar surface area (TPSA) is 109 Å². The molecule has 9 heteroatoms. The fourth-order valence-electron chi connectivity index (χ4n) is 5.46. The number of carbonyl (C=O) groups excluding carboxylic acids is 1. The zero-order chi connectivity index (χ0) is 29.6. The summed E-state index contributed by atoms with van der Waals surface area (Å²) < 4.78 is 32.6. The summed E-state index contributed by atoms with van der Waals surface area (Å²) in [6.45, 7) is 4.45. The Labute approximate surface area is 243 Å². The van der Waals surface area contributed by atoms with Crippen LogP contribution in [0.15, 0.2) is 78.0 Å². The van der Waals surface area contributed by atoms with Gasteiger partial charge >= 0.3 is 5.97 Å². The number of hydrogen-bond acceptors (Lipinski definition) is 7. The zero-order valence-corrected chi connectivity index (χ0v) is 24.9. The summed E-state index contributed by atoms with van der Waals surface area (Å²) in [5.41, 5.74) is 4.64. The SMILES string of the molecule is COC(=O)C=Cc1ccccc1-c1cncc(S(=O)(=O)N(C)C[C@H](O)CNC(C)(C)CC2Cc3ccccc3C2)c1. The van der Waals surface area contributed by atoms with E-state index in [-0.39, 0.29) is 23.5 Å². The van der Waals surface area contributed by atoms with E-state index in [0.29, 0.717) is 17.0 Å². The Balaban J connectivity index is 1.38. The van der Waals surface area contributed by atoms with Crippen LogP contribution in [0, 0.1) is 5.92 Å². The van der Waals surface area contributed by atoms with Gasteiger partial charge < -0.3 is 15.2 Å². The fourth-order valence-corrected chi connectivity index (χ4v) is 6.66.